The third kappa shape index (κ3) is 6.62. The van der Waals surface area contributed by atoms with Gasteiger partial charge in [0, 0.05) is 6.42 Å². The minimum absolute atomic E-state index is 0.136. The number of nitrogens with zero attached hydrogens (tertiary/aromatic N) is 1. The van der Waals surface area contributed by atoms with Crippen LogP contribution in [-0.4, -0.2) is 31.1 Å². The van der Waals surface area contributed by atoms with Gasteiger partial charge in [0.1, 0.15) is 10.1 Å². The second-order valence-corrected chi connectivity index (χ2v) is 10.8. The SMILES string of the molecule is CCC(=O)NC(Oc1ccc(/C=C2\SC(=S)N(Cc3ccccc3)C2=O)cc1)C(Cl)(Cl)Cl. The zero-order valence-electron chi connectivity index (χ0n) is 16.9. The van der Waals surface area contributed by atoms with E-state index in [-0.39, 0.29) is 18.2 Å². The molecule has 32 heavy (non-hydrogen) atoms. The van der Waals surface area contributed by atoms with Gasteiger partial charge in [-0.25, -0.2) is 0 Å². The molecule has 0 aliphatic carbocycles. The Balaban J connectivity index is 1.70. The number of ether oxygens (including phenoxy) is 1. The molecule has 168 valence electrons. The predicted molar refractivity (Wildman–Crippen MR) is 135 cm³/mol. The van der Waals surface area contributed by atoms with Crippen molar-refractivity contribution < 1.29 is 14.3 Å². The number of carbonyl (C=O) groups excluding carboxylic acids is 2. The summed E-state index contributed by atoms with van der Waals surface area (Å²) >= 11 is 24.4. The molecule has 0 spiro atoms. The Morgan fingerprint density at radius 1 is 1.19 bits per heavy atom. The molecule has 1 unspecified atom stereocenters. The number of alkyl halides is 3. The van der Waals surface area contributed by atoms with Crippen molar-refractivity contribution in [1.29, 1.82) is 0 Å². The first-order chi connectivity index (χ1) is 15.2. The largest absolute Gasteiger partial charge is 0.466 e. The summed E-state index contributed by atoms with van der Waals surface area (Å²) in [7, 11) is 0. The Kier molecular flexibility index (Phi) is 8.47. The average Bonchev–Trinajstić information content (AvgIpc) is 3.02. The number of hydrogen-bond donors (Lipinski definition) is 1. The second-order valence-electron chi connectivity index (χ2n) is 6.78. The highest BCUT2D eigenvalue weighted by atomic mass is 35.6. The molecule has 0 aromatic heterocycles. The fraction of sp³-hybridized carbons (Fsp3) is 0.227. The molecule has 1 fully saturated rings. The third-order valence-corrected chi connectivity index (χ3v) is 6.37. The zero-order valence-corrected chi connectivity index (χ0v) is 20.8. The van der Waals surface area contributed by atoms with E-state index in [0.29, 0.717) is 21.5 Å². The van der Waals surface area contributed by atoms with E-state index < -0.39 is 10.0 Å². The Labute approximate surface area is 211 Å². The van der Waals surface area contributed by atoms with Crippen molar-refractivity contribution in [2.45, 2.75) is 29.9 Å². The monoisotopic (exact) mass is 528 g/mol. The van der Waals surface area contributed by atoms with E-state index in [2.05, 4.69) is 5.32 Å². The first kappa shape index (κ1) is 24.9. The number of amides is 2. The normalized spacial score (nSPS) is 16.4. The van der Waals surface area contributed by atoms with Crippen LogP contribution in [0.1, 0.15) is 24.5 Å². The molecule has 0 bridgehead atoms. The Hall–Kier alpha value is -1.77. The van der Waals surface area contributed by atoms with E-state index in [9.17, 15) is 9.59 Å². The number of thioether (sulfide) groups is 1. The molecule has 2 aromatic carbocycles. The van der Waals surface area contributed by atoms with Crippen molar-refractivity contribution >= 4 is 81.0 Å². The summed E-state index contributed by atoms with van der Waals surface area (Å²) in [6, 6.07) is 16.5. The van der Waals surface area contributed by atoms with Crippen LogP contribution < -0.4 is 10.1 Å². The van der Waals surface area contributed by atoms with Crippen molar-refractivity contribution in [2.24, 2.45) is 0 Å². The van der Waals surface area contributed by atoms with Crippen LogP contribution in [0.15, 0.2) is 59.5 Å². The Morgan fingerprint density at radius 3 is 2.44 bits per heavy atom. The summed E-state index contributed by atoms with van der Waals surface area (Å²) in [5.74, 6) is -0.0512. The maximum Gasteiger partial charge on any atom is 0.266 e. The van der Waals surface area contributed by atoms with E-state index in [4.69, 9.17) is 51.8 Å². The van der Waals surface area contributed by atoms with Crippen LogP contribution in [0, 0.1) is 0 Å². The summed E-state index contributed by atoms with van der Waals surface area (Å²) in [5.41, 5.74) is 1.78. The van der Waals surface area contributed by atoms with Crippen molar-refractivity contribution in [3.05, 3.63) is 70.6 Å². The highest BCUT2D eigenvalue weighted by Gasteiger charge is 2.36. The summed E-state index contributed by atoms with van der Waals surface area (Å²) in [6.45, 7) is 2.11. The fourth-order valence-electron chi connectivity index (χ4n) is 2.76. The smallest absolute Gasteiger partial charge is 0.266 e. The summed E-state index contributed by atoms with van der Waals surface area (Å²) < 4.78 is 4.31. The van der Waals surface area contributed by atoms with Crippen LogP contribution >= 0.6 is 58.8 Å². The van der Waals surface area contributed by atoms with Gasteiger partial charge in [-0.2, -0.15) is 0 Å². The quantitative estimate of drug-likeness (QED) is 0.216. The maximum absolute atomic E-state index is 12.8. The van der Waals surface area contributed by atoms with Crippen LogP contribution in [0.25, 0.3) is 6.08 Å². The summed E-state index contributed by atoms with van der Waals surface area (Å²) in [5, 5.41) is 2.53. The molecule has 3 rings (SSSR count). The maximum atomic E-state index is 12.8. The van der Waals surface area contributed by atoms with Gasteiger partial charge in [0.25, 0.3) is 5.91 Å². The first-order valence-corrected chi connectivity index (χ1v) is 12.0. The van der Waals surface area contributed by atoms with Gasteiger partial charge in [-0.15, -0.1) is 0 Å². The Morgan fingerprint density at radius 2 is 1.84 bits per heavy atom. The van der Waals surface area contributed by atoms with Crippen LogP contribution in [0.3, 0.4) is 0 Å². The molecule has 0 saturated carbocycles. The van der Waals surface area contributed by atoms with Crippen LogP contribution in [-0.2, 0) is 16.1 Å². The van der Waals surface area contributed by atoms with Crippen molar-refractivity contribution in [3.8, 4) is 5.75 Å². The molecule has 1 atom stereocenters. The molecule has 10 heteroatoms. The molecule has 1 aliphatic rings. The molecule has 1 saturated heterocycles. The average molecular weight is 530 g/mol. The molecular weight excluding hydrogens is 511 g/mol. The van der Waals surface area contributed by atoms with Gasteiger partial charge in [-0.1, -0.05) is 108 Å². The van der Waals surface area contributed by atoms with Crippen LogP contribution in [0.2, 0.25) is 0 Å². The van der Waals surface area contributed by atoms with E-state index >= 15 is 0 Å². The molecule has 1 N–H and O–H groups in total. The lowest BCUT2D eigenvalue weighted by Gasteiger charge is -2.26. The van der Waals surface area contributed by atoms with Gasteiger partial charge in [0.15, 0.2) is 0 Å². The third-order valence-electron chi connectivity index (χ3n) is 4.40. The van der Waals surface area contributed by atoms with E-state index in [0.717, 1.165) is 11.1 Å². The topological polar surface area (TPSA) is 58.6 Å². The minimum atomic E-state index is -1.85. The van der Waals surface area contributed by atoms with Crippen LogP contribution in [0.4, 0.5) is 0 Å². The Bertz CT molecular complexity index is 1020. The molecule has 1 heterocycles. The van der Waals surface area contributed by atoms with Crippen LogP contribution in [0.5, 0.6) is 5.75 Å². The number of thiocarbonyl (C=S) groups is 1. The molecule has 1 aliphatic heterocycles. The number of benzene rings is 2. The number of halogens is 3. The van der Waals surface area contributed by atoms with Crippen molar-refractivity contribution in [2.75, 3.05) is 0 Å². The van der Waals surface area contributed by atoms with Gasteiger partial charge in [0.05, 0.1) is 11.4 Å². The van der Waals surface area contributed by atoms with E-state index in [1.807, 2.05) is 30.3 Å². The lowest BCUT2D eigenvalue weighted by atomic mass is 10.2. The van der Waals surface area contributed by atoms with Gasteiger partial charge in [0.2, 0.25) is 15.9 Å². The van der Waals surface area contributed by atoms with Crippen molar-refractivity contribution in [3.63, 3.8) is 0 Å². The summed E-state index contributed by atoms with van der Waals surface area (Å²) in [4.78, 5) is 26.6. The number of nitrogens with one attached hydrogen (secondary N) is 1. The summed E-state index contributed by atoms with van der Waals surface area (Å²) in [6.07, 6.45) is 0.835. The van der Waals surface area contributed by atoms with Gasteiger partial charge >= 0.3 is 0 Å². The predicted octanol–water partition coefficient (Wildman–Crippen LogP) is 5.69. The zero-order chi connectivity index (χ0) is 23.3. The van der Waals surface area contributed by atoms with E-state index in [1.54, 1.807) is 42.2 Å². The highest BCUT2D eigenvalue weighted by molar-refractivity contribution is 8.26. The number of carbonyl (C=O) groups is 2. The molecule has 2 amide bonds. The second kappa shape index (κ2) is 10.9. The highest BCUT2D eigenvalue weighted by Crippen LogP contribution is 2.35. The fourth-order valence-corrected chi connectivity index (χ4v) is 4.31. The van der Waals surface area contributed by atoms with Gasteiger partial charge in [-0.3, -0.25) is 14.5 Å². The molecule has 0 radical (unpaired) electrons. The number of rotatable bonds is 7. The lowest BCUT2D eigenvalue weighted by Crippen LogP contribution is -2.47. The number of hydrogen-bond acceptors (Lipinski definition) is 5. The lowest BCUT2D eigenvalue weighted by molar-refractivity contribution is -0.123. The standard InChI is InChI=1S/C22H19Cl3N2O3S2/c1-2-18(28)26-20(22(23,24)25)30-16-10-8-14(9-11-16)12-17-19(29)27(21(31)32-17)13-15-6-4-3-5-7-15/h3-12,20H,2,13H2,1H3,(H,26,28)/b17-12-. The molecule has 2 aromatic rings. The minimum Gasteiger partial charge on any atom is -0.466 e. The van der Waals surface area contributed by atoms with Crippen molar-refractivity contribution in [1.82, 2.24) is 10.2 Å². The molecule has 5 nitrogen and oxygen atoms in total. The molecular formula is C22H19Cl3N2O3S2. The van der Waals surface area contributed by atoms with Gasteiger partial charge < -0.3 is 10.1 Å². The van der Waals surface area contributed by atoms with Gasteiger partial charge in [-0.05, 0) is 29.3 Å². The first-order valence-electron chi connectivity index (χ1n) is 9.59. The van der Waals surface area contributed by atoms with E-state index in [1.165, 1.54) is 11.8 Å².